The molecule has 0 saturated carbocycles. The average Bonchev–Trinajstić information content (AvgIpc) is 3.49. The van der Waals surface area contributed by atoms with E-state index in [1.807, 2.05) is 6.92 Å². The molecule has 1 aliphatic rings. The van der Waals surface area contributed by atoms with E-state index in [1.54, 1.807) is 12.1 Å². The Morgan fingerprint density at radius 2 is 1.40 bits per heavy atom. The highest BCUT2D eigenvalue weighted by atomic mass is 32.2. The Kier molecular flexibility index (Phi) is 20.9. The maximum absolute atomic E-state index is 12.2. The largest absolute Gasteiger partial charge is 0.463 e. The van der Waals surface area contributed by atoms with Crippen LogP contribution in [0.2, 0.25) is 0 Å². The number of carbonyl (C=O) groups is 2. The van der Waals surface area contributed by atoms with Gasteiger partial charge < -0.3 is 19.5 Å². The lowest BCUT2D eigenvalue weighted by molar-refractivity contribution is -0.147. The second-order valence-electron chi connectivity index (χ2n) is 12.4. The lowest BCUT2D eigenvalue weighted by Crippen LogP contribution is -2.27. The van der Waals surface area contributed by atoms with Gasteiger partial charge in [0, 0.05) is 18.9 Å². The monoisotopic (exact) mass is 653 g/mol. The van der Waals surface area contributed by atoms with Crippen molar-refractivity contribution in [3.8, 4) is 0 Å². The van der Waals surface area contributed by atoms with Crippen LogP contribution in [0.25, 0.3) is 0 Å². The summed E-state index contributed by atoms with van der Waals surface area (Å²) in [5, 5.41) is 2.84. The third kappa shape index (κ3) is 19.2. The molecule has 1 aromatic rings. The van der Waals surface area contributed by atoms with Crippen LogP contribution in [0.4, 0.5) is 4.79 Å². The minimum atomic E-state index is -3.76. The van der Waals surface area contributed by atoms with Crippen LogP contribution < -0.4 is 5.32 Å². The third-order valence-corrected chi connectivity index (χ3v) is 9.49. The van der Waals surface area contributed by atoms with Gasteiger partial charge in [0.25, 0.3) is 10.1 Å². The molecular formula is C35H59NO8S. The van der Waals surface area contributed by atoms with Crippen molar-refractivity contribution in [2.75, 3.05) is 33.0 Å². The van der Waals surface area contributed by atoms with Gasteiger partial charge in [-0.05, 0) is 44.7 Å². The lowest BCUT2D eigenvalue weighted by atomic mass is 10.0. The van der Waals surface area contributed by atoms with Crippen molar-refractivity contribution in [3.05, 3.63) is 29.8 Å². The van der Waals surface area contributed by atoms with E-state index in [0.29, 0.717) is 38.8 Å². The first kappa shape index (κ1) is 39.0. The number of hydrogen-bond donors (Lipinski definition) is 1. The van der Waals surface area contributed by atoms with Crippen molar-refractivity contribution < 1.29 is 36.4 Å². The maximum Gasteiger partial charge on any atom is 0.407 e. The third-order valence-electron chi connectivity index (χ3n) is 8.17. The number of carbonyl (C=O) groups excluding carboxylic acids is 2. The first-order valence-corrected chi connectivity index (χ1v) is 18.8. The van der Waals surface area contributed by atoms with Crippen LogP contribution in [0.1, 0.15) is 128 Å². The minimum absolute atomic E-state index is 0.0715. The molecular weight excluding hydrogens is 594 g/mol. The molecule has 1 amide bonds. The van der Waals surface area contributed by atoms with Crippen LogP contribution in [-0.2, 0) is 33.3 Å². The minimum Gasteiger partial charge on any atom is -0.463 e. The number of hydrogen-bond acceptors (Lipinski definition) is 8. The van der Waals surface area contributed by atoms with Crippen LogP contribution in [-0.4, -0.2) is 59.6 Å². The fraction of sp³-hybridized carbons (Fsp3) is 0.771. The molecule has 0 radical (unpaired) electrons. The van der Waals surface area contributed by atoms with E-state index in [0.717, 1.165) is 18.4 Å². The van der Waals surface area contributed by atoms with Crippen LogP contribution in [0.5, 0.6) is 0 Å². The molecule has 1 heterocycles. The predicted molar refractivity (Wildman–Crippen MR) is 177 cm³/mol. The van der Waals surface area contributed by atoms with Gasteiger partial charge >= 0.3 is 12.1 Å². The zero-order valence-corrected chi connectivity index (χ0v) is 28.7. The molecule has 2 rings (SSSR count). The first-order chi connectivity index (χ1) is 21.8. The summed E-state index contributed by atoms with van der Waals surface area (Å²) in [6, 6.07) is 6.52. The number of nitrogens with one attached hydrogen (secondary N) is 1. The number of alkyl carbamates (subject to hydrolysis) is 1. The zero-order chi connectivity index (χ0) is 32.6. The molecule has 258 valence electrons. The van der Waals surface area contributed by atoms with E-state index in [9.17, 15) is 18.0 Å². The van der Waals surface area contributed by atoms with Crippen molar-refractivity contribution in [3.63, 3.8) is 0 Å². The van der Waals surface area contributed by atoms with Crippen LogP contribution in [0, 0.1) is 12.8 Å². The van der Waals surface area contributed by atoms with E-state index >= 15 is 0 Å². The molecule has 0 aromatic heterocycles. The number of rotatable bonds is 26. The topological polar surface area (TPSA) is 117 Å². The number of aryl methyl sites for hydroxylation is 1. The summed E-state index contributed by atoms with van der Waals surface area (Å²) in [5.74, 6) is -0.217. The van der Waals surface area contributed by atoms with Crippen LogP contribution >= 0.6 is 0 Å². The molecule has 1 aromatic carbocycles. The summed E-state index contributed by atoms with van der Waals surface area (Å²) in [6.07, 6.45) is 19.0. The molecule has 9 nitrogen and oxygen atoms in total. The molecule has 0 spiro atoms. The van der Waals surface area contributed by atoms with Gasteiger partial charge in [-0.15, -0.1) is 0 Å². The summed E-state index contributed by atoms with van der Waals surface area (Å²) in [5.41, 5.74) is 0.976. The van der Waals surface area contributed by atoms with Gasteiger partial charge in [-0.25, -0.2) is 4.79 Å². The SMILES string of the molecule is CCCCCCCCCCCCCCCNC(=O)OCC1COC(COC(=O)CCCCCOS(=O)(=O)c2ccc(C)cc2)C1. The highest BCUT2D eigenvalue weighted by Crippen LogP contribution is 2.21. The summed E-state index contributed by atoms with van der Waals surface area (Å²) in [6.45, 7) is 5.79. The summed E-state index contributed by atoms with van der Waals surface area (Å²) in [7, 11) is -3.76. The van der Waals surface area contributed by atoms with E-state index in [-0.39, 0.29) is 55.2 Å². The number of amides is 1. The van der Waals surface area contributed by atoms with Crippen molar-refractivity contribution >= 4 is 22.2 Å². The van der Waals surface area contributed by atoms with Crippen molar-refractivity contribution in [2.45, 2.75) is 140 Å². The van der Waals surface area contributed by atoms with Crippen molar-refractivity contribution in [2.24, 2.45) is 5.92 Å². The van der Waals surface area contributed by atoms with Gasteiger partial charge in [-0.2, -0.15) is 8.42 Å². The molecule has 1 N–H and O–H groups in total. The molecule has 2 unspecified atom stereocenters. The number of unbranched alkanes of at least 4 members (excludes halogenated alkanes) is 14. The van der Waals surface area contributed by atoms with E-state index in [1.165, 1.54) is 82.8 Å². The molecule has 45 heavy (non-hydrogen) atoms. The van der Waals surface area contributed by atoms with Gasteiger partial charge in [0.1, 0.15) is 6.61 Å². The van der Waals surface area contributed by atoms with E-state index in [2.05, 4.69) is 12.2 Å². The smallest absolute Gasteiger partial charge is 0.407 e. The van der Waals surface area contributed by atoms with Crippen molar-refractivity contribution in [1.82, 2.24) is 5.32 Å². The van der Waals surface area contributed by atoms with Gasteiger partial charge in [-0.3, -0.25) is 8.98 Å². The quantitative estimate of drug-likeness (QED) is 0.0607. The van der Waals surface area contributed by atoms with Crippen molar-refractivity contribution in [1.29, 1.82) is 0 Å². The molecule has 10 heteroatoms. The summed E-state index contributed by atoms with van der Waals surface area (Å²) >= 11 is 0. The molecule has 1 fully saturated rings. The fourth-order valence-electron chi connectivity index (χ4n) is 5.34. The highest BCUT2D eigenvalue weighted by molar-refractivity contribution is 7.86. The first-order valence-electron chi connectivity index (χ1n) is 17.4. The number of ether oxygens (including phenoxy) is 3. The molecule has 1 saturated heterocycles. The van der Waals surface area contributed by atoms with E-state index in [4.69, 9.17) is 18.4 Å². The number of esters is 1. The maximum atomic E-state index is 12.2. The Bertz CT molecular complexity index is 1030. The second-order valence-corrected chi connectivity index (χ2v) is 14.0. The van der Waals surface area contributed by atoms with Gasteiger partial charge in [0.05, 0.1) is 30.8 Å². The normalized spacial score (nSPS) is 16.5. The van der Waals surface area contributed by atoms with Crippen LogP contribution in [0.15, 0.2) is 29.2 Å². The second kappa shape index (κ2) is 24.1. The highest BCUT2D eigenvalue weighted by Gasteiger charge is 2.27. The Balaban J connectivity index is 1.37. The molecule has 0 bridgehead atoms. The molecule has 2 atom stereocenters. The zero-order valence-electron chi connectivity index (χ0n) is 27.9. The summed E-state index contributed by atoms with van der Waals surface area (Å²) in [4.78, 5) is 24.3. The fourth-order valence-corrected chi connectivity index (χ4v) is 6.28. The molecule has 0 aliphatic carbocycles. The Morgan fingerprint density at radius 3 is 2.04 bits per heavy atom. The molecule has 1 aliphatic heterocycles. The lowest BCUT2D eigenvalue weighted by Gasteiger charge is -2.11. The number of benzene rings is 1. The summed E-state index contributed by atoms with van der Waals surface area (Å²) < 4.78 is 45.9. The Labute approximate surface area is 272 Å². The average molecular weight is 654 g/mol. The standard InChI is InChI=1S/C35H59NO8S/c1-3-4-5-6-7-8-9-10-11-12-13-14-17-24-36-35(38)43-28-31-26-32(41-27-31)29-42-34(37)19-16-15-18-25-44-45(39,40)33-22-20-30(2)21-23-33/h20-23,31-32H,3-19,24-29H2,1-2H3,(H,36,38). The van der Waals surface area contributed by atoms with Gasteiger partial charge in [0.15, 0.2) is 0 Å². The predicted octanol–water partition coefficient (Wildman–Crippen LogP) is 8.03. The van der Waals surface area contributed by atoms with E-state index < -0.39 is 10.1 Å². The van der Waals surface area contributed by atoms with Crippen LogP contribution in [0.3, 0.4) is 0 Å². The Hall–Kier alpha value is -2.17. The Morgan fingerprint density at radius 1 is 0.800 bits per heavy atom. The van der Waals surface area contributed by atoms with Gasteiger partial charge in [0.2, 0.25) is 0 Å². The van der Waals surface area contributed by atoms with Gasteiger partial charge in [-0.1, -0.05) is 108 Å².